The molecular formula is C32H43Ac2NO12. The van der Waals surface area contributed by atoms with Crippen LogP contribution in [0.15, 0.2) is 34.9 Å². The third kappa shape index (κ3) is 6.49. The molecule has 0 spiro atoms. The van der Waals surface area contributed by atoms with Crippen molar-refractivity contribution in [2.24, 2.45) is 16.7 Å². The molecule has 1 unspecified atom stereocenters. The van der Waals surface area contributed by atoms with Crippen molar-refractivity contribution in [2.45, 2.75) is 115 Å². The van der Waals surface area contributed by atoms with E-state index in [2.05, 4.69) is 5.32 Å². The number of Topliss-reactive ketones (excluding diaryl/α,β-unsaturated/α-hetero) is 1. The summed E-state index contributed by atoms with van der Waals surface area (Å²) in [5, 5.41) is 61.4. The molecule has 13 nitrogen and oxygen atoms in total. The maximum absolute atomic E-state index is 14.3. The molecule has 1 aliphatic heterocycles. The summed E-state index contributed by atoms with van der Waals surface area (Å²) in [5.74, 6) is -4.77. The fourth-order valence-electron chi connectivity index (χ4n) is 8.43. The van der Waals surface area contributed by atoms with E-state index in [1.54, 1.807) is 32.1 Å². The van der Waals surface area contributed by atoms with E-state index in [1.807, 2.05) is 0 Å². The molecule has 2 radical (unpaired) electrons. The first-order valence-corrected chi connectivity index (χ1v) is 15.2. The number of hydrogen-bond acceptors (Lipinski definition) is 12. The molecule has 1 saturated heterocycles. The molecule has 254 valence electrons. The number of amides is 1. The number of aliphatic hydroxyl groups is 5. The van der Waals surface area contributed by atoms with E-state index >= 15 is 0 Å². The van der Waals surface area contributed by atoms with Gasteiger partial charge in [0.25, 0.3) is 0 Å². The number of nitrogens with one attached hydrogen (secondary N) is 1. The minimum absolute atomic E-state index is 0. The Labute approximate surface area is 345 Å². The average molecular weight is 1090 g/mol. The summed E-state index contributed by atoms with van der Waals surface area (Å²) in [6, 6.07) is -1.11. The number of hydrogen-bond donors (Lipinski definition) is 6. The first-order valence-electron chi connectivity index (χ1n) is 15.2. The van der Waals surface area contributed by atoms with Gasteiger partial charge >= 0.3 is 11.9 Å². The number of esters is 2. The largest absolute Gasteiger partial charge is 0.459 e. The topological polar surface area (TPSA) is 209 Å². The zero-order valence-corrected chi connectivity index (χ0v) is 36.9. The number of carbonyl (C=O) groups excluding carboxylic acids is 4. The van der Waals surface area contributed by atoms with Crippen LogP contribution in [0, 0.1) is 105 Å². The summed E-state index contributed by atoms with van der Waals surface area (Å²) >= 11 is 0. The monoisotopic (exact) mass is 1090 g/mol. The molecule has 4 aliphatic carbocycles. The van der Waals surface area contributed by atoms with Crippen LogP contribution in [-0.4, -0.2) is 110 Å². The Morgan fingerprint density at radius 1 is 1.09 bits per heavy atom. The van der Waals surface area contributed by atoms with Crippen molar-refractivity contribution in [1.29, 1.82) is 0 Å². The Balaban J connectivity index is 0.00000300. The number of allylic oxidation sites excluding steroid dienone is 3. The first kappa shape index (κ1) is 41.4. The maximum atomic E-state index is 14.3. The quantitative estimate of drug-likeness (QED) is 0.147. The average Bonchev–Trinajstić information content (AvgIpc) is 3.48. The van der Waals surface area contributed by atoms with Crippen molar-refractivity contribution in [3.8, 4) is 0 Å². The summed E-state index contributed by atoms with van der Waals surface area (Å²) in [4.78, 5) is 52.3. The number of rotatable bonds is 6. The predicted molar refractivity (Wildman–Crippen MR) is 155 cm³/mol. The van der Waals surface area contributed by atoms with Crippen molar-refractivity contribution in [3.63, 3.8) is 0 Å². The van der Waals surface area contributed by atoms with Crippen molar-refractivity contribution in [2.75, 3.05) is 6.61 Å². The fraction of sp³-hybridized carbons (Fsp3) is 0.688. The van der Waals surface area contributed by atoms with Crippen LogP contribution in [0.25, 0.3) is 0 Å². The number of ether oxygens (including phenoxy) is 3. The van der Waals surface area contributed by atoms with Crippen LogP contribution in [0.5, 0.6) is 0 Å². The van der Waals surface area contributed by atoms with Crippen LogP contribution in [0.3, 0.4) is 0 Å². The molecule has 11 atom stereocenters. The predicted octanol–water partition coefficient (Wildman–Crippen LogP) is -0.480. The zero-order valence-electron chi connectivity index (χ0n) is 27.4. The van der Waals surface area contributed by atoms with E-state index in [4.69, 9.17) is 14.2 Å². The number of fused-ring (bicyclic) bond motifs is 5. The van der Waals surface area contributed by atoms with E-state index in [0.717, 1.165) is 6.92 Å². The first-order chi connectivity index (χ1) is 20.8. The number of aliphatic hydroxyl groups excluding tert-OH is 3. The second-order valence-electron chi connectivity index (χ2n) is 13.9. The fourth-order valence-corrected chi connectivity index (χ4v) is 8.43. The molecule has 2 saturated carbocycles. The van der Waals surface area contributed by atoms with Gasteiger partial charge in [-0.15, -0.1) is 0 Å². The molecule has 2 bridgehead atoms. The molecule has 15 heteroatoms. The van der Waals surface area contributed by atoms with Crippen LogP contribution >= 0.6 is 0 Å². The summed E-state index contributed by atoms with van der Waals surface area (Å²) in [6.45, 7) is 8.09. The van der Waals surface area contributed by atoms with Gasteiger partial charge in [-0.1, -0.05) is 32.1 Å². The van der Waals surface area contributed by atoms with Gasteiger partial charge in [-0.05, 0) is 37.0 Å². The maximum Gasteiger partial charge on any atom is 0.338 e. The molecule has 1 heterocycles. The number of carbonyl (C=O) groups is 4. The van der Waals surface area contributed by atoms with Gasteiger partial charge in [0.05, 0.1) is 30.3 Å². The zero-order chi connectivity index (χ0) is 33.4. The van der Waals surface area contributed by atoms with Gasteiger partial charge in [-0.2, -0.15) is 0 Å². The number of ketones is 1. The van der Waals surface area contributed by atoms with Gasteiger partial charge in [0.15, 0.2) is 11.9 Å². The Kier molecular flexibility index (Phi) is 12.8. The van der Waals surface area contributed by atoms with E-state index in [-0.39, 0.29) is 112 Å². The molecule has 5 aliphatic rings. The molecule has 0 aromatic carbocycles. The van der Waals surface area contributed by atoms with Gasteiger partial charge in [0.2, 0.25) is 5.91 Å². The summed E-state index contributed by atoms with van der Waals surface area (Å²) in [7, 11) is 0. The van der Waals surface area contributed by atoms with Crippen LogP contribution in [0.4, 0.5) is 0 Å². The summed E-state index contributed by atoms with van der Waals surface area (Å²) in [5.41, 5.74) is -6.63. The third-order valence-electron chi connectivity index (χ3n) is 11.0. The Bertz CT molecular complexity index is 1410. The molecule has 0 aromatic heterocycles. The minimum Gasteiger partial charge on any atom is -0.459 e. The smallest absolute Gasteiger partial charge is 0.338 e. The third-order valence-corrected chi connectivity index (χ3v) is 11.0. The van der Waals surface area contributed by atoms with Crippen molar-refractivity contribution in [3.05, 3.63) is 34.9 Å². The van der Waals surface area contributed by atoms with Gasteiger partial charge in [0.1, 0.15) is 29.5 Å². The Hall–Kier alpha value is -0.0569. The van der Waals surface area contributed by atoms with Crippen molar-refractivity contribution >= 4 is 23.6 Å². The molecule has 47 heavy (non-hydrogen) atoms. The normalized spacial score (nSPS) is 39.6. The van der Waals surface area contributed by atoms with Crippen LogP contribution < -0.4 is 5.32 Å². The second-order valence-corrected chi connectivity index (χ2v) is 13.9. The van der Waals surface area contributed by atoms with Crippen LogP contribution in [-0.2, 0) is 33.4 Å². The second kappa shape index (κ2) is 14.5. The van der Waals surface area contributed by atoms with E-state index < -0.39 is 101 Å². The van der Waals surface area contributed by atoms with Crippen LogP contribution in [0.2, 0.25) is 0 Å². The molecule has 1 amide bonds. The van der Waals surface area contributed by atoms with Crippen molar-refractivity contribution < 1.29 is 147 Å². The van der Waals surface area contributed by atoms with Gasteiger partial charge < -0.3 is 45.1 Å². The van der Waals surface area contributed by atoms with E-state index in [1.165, 1.54) is 20.8 Å². The Morgan fingerprint density at radius 2 is 1.72 bits per heavy atom. The van der Waals surface area contributed by atoms with E-state index in [9.17, 15) is 44.7 Å². The summed E-state index contributed by atoms with van der Waals surface area (Å²) < 4.78 is 17.1. The van der Waals surface area contributed by atoms with Gasteiger partial charge in [0, 0.05) is 126 Å². The van der Waals surface area contributed by atoms with Crippen molar-refractivity contribution in [1.82, 2.24) is 5.32 Å². The van der Waals surface area contributed by atoms with Gasteiger partial charge in [-0.25, -0.2) is 4.79 Å². The molecule has 5 rings (SSSR count). The minimum atomic E-state index is -2.20. The van der Waals surface area contributed by atoms with Crippen LogP contribution in [0.1, 0.15) is 60.8 Å². The molecule has 3 fully saturated rings. The standard InChI is InChI=1S/C32H43NO12.2Ac/c1-14-18(45-28(40)24(38)22(33-15(2)34)17-9-7-8-10-17)12-32(42)27(44-16(3)35)25-30(6,19(36)11-20-31(25,41)13-43-20)26(39)23(37)21(14)29(32,4)5;;/h7-9,18-20,22-25,27,36-38,41-42H,10-13H2,1-6H3,(H,33,34);;/t18?,19-,20+,22-,23+,24+,25-,27-,30+,31-,32+;;/m0../s1. The molecule has 0 aromatic rings. The Morgan fingerprint density at radius 3 is 2.23 bits per heavy atom. The SMILES string of the molecule is CC(=O)N[C@@H](C1=CC=CC1)[C@@H](O)C(=O)OC1C[C@@]2(O)[C@@H](OC(C)=O)[C@@H]3[C@]4(O)CO[C@@H]4C[C@H](O)[C@@]3(C)C(=O)[C@H](O)C(=C1C)C2(C)C.[Ac].[Ac]. The van der Waals surface area contributed by atoms with E-state index in [0.29, 0.717) is 12.0 Å². The molecule has 6 N–H and O–H groups in total. The molecular weight excluding hydrogens is 1040 g/mol. The van der Waals surface area contributed by atoms with Gasteiger partial charge in [-0.3, -0.25) is 14.4 Å². The summed E-state index contributed by atoms with van der Waals surface area (Å²) in [6.07, 6.45) is -4.12.